The van der Waals surface area contributed by atoms with Crippen molar-refractivity contribution < 1.29 is 27.4 Å². The van der Waals surface area contributed by atoms with E-state index in [4.69, 9.17) is 21.4 Å². The molecule has 150 valence electrons. The summed E-state index contributed by atoms with van der Waals surface area (Å²) in [4.78, 5) is 14.5. The van der Waals surface area contributed by atoms with Crippen molar-refractivity contribution in [3.05, 3.63) is 71.8 Å². The summed E-state index contributed by atoms with van der Waals surface area (Å²) in [5.41, 5.74) is 0.675. The zero-order valence-electron chi connectivity index (χ0n) is 14.7. The summed E-state index contributed by atoms with van der Waals surface area (Å²) in [7, 11) is -4.04. The lowest BCUT2D eigenvalue weighted by Crippen LogP contribution is -2.14. The van der Waals surface area contributed by atoms with Crippen molar-refractivity contribution >= 4 is 33.3 Å². The van der Waals surface area contributed by atoms with Crippen LogP contribution in [-0.2, 0) is 14.8 Å². The summed E-state index contributed by atoms with van der Waals surface area (Å²) in [6.45, 7) is -0.673. The number of nitrogens with zero attached hydrogens (tertiary/aromatic N) is 1. The quantitative estimate of drug-likeness (QED) is 0.583. The van der Waals surface area contributed by atoms with E-state index in [1.165, 1.54) is 54.9 Å². The minimum absolute atomic E-state index is 0.0317. The first-order chi connectivity index (χ1) is 13.8. The van der Waals surface area contributed by atoms with Crippen LogP contribution in [0.25, 0.3) is 11.1 Å². The number of hydrogen-bond donors (Lipinski definition) is 2. The summed E-state index contributed by atoms with van der Waals surface area (Å²) in [6, 6.07) is 10.9. The van der Waals surface area contributed by atoms with Crippen LogP contribution >= 0.6 is 11.6 Å². The number of aliphatic carboxylic acids is 1. The van der Waals surface area contributed by atoms with Crippen molar-refractivity contribution in [2.75, 3.05) is 11.3 Å². The summed E-state index contributed by atoms with van der Waals surface area (Å²) in [5, 5.41) is 8.84. The Bertz CT molecular complexity index is 1160. The minimum atomic E-state index is -4.04. The summed E-state index contributed by atoms with van der Waals surface area (Å²) in [6.07, 6.45) is 2.60. The number of anilines is 1. The van der Waals surface area contributed by atoms with Gasteiger partial charge in [0.15, 0.2) is 6.61 Å². The van der Waals surface area contributed by atoms with E-state index >= 15 is 0 Å². The highest BCUT2D eigenvalue weighted by Gasteiger charge is 2.20. The highest BCUT2D eigenvalue weighted by atomic mass is 35.5. The van der Waals surface area contributed by atoms with Gasteiger partial charge in [-0.25, -0.2) is 17.6 Å². The molecule has 0 aliphatic rings. The molecule has 0 spiro atoms. The largest absolute Gasteiger partial charge is 0.480 e. The molecule has 0 bridgehead atoms. The second kappa shape index (κ2) is 8.46. The third-order valence-corrected chi connectivity index (χ3v) is 5.39. The molecule has 0 aliphatic carbocycles. The van der Waals surface area contributed by atoms with Gasteiger partial charge in [0.25, 0.3) is 10.0 Å². The second-order valence-electron chi connectivity index (χ2n) is 5.82. The fourth-order valence-corrected chi connectivity index (χ4v) is 3.74. The zero-order chi connectivity index (χ0) is 21.0. The number of sulfonamides is 1. The third-order valence-electron chi connectivity index (χ3n) is 3.75. The van der Waals surface area contributed by atoms with Crippen LogP contribution in [0.5, 0.6) is 5.75 Å². The van der Waals surface area contributed by atoms with Crippen LogP contribution in [0.3, 0.4) is 0 Å². The number of ether oxygens (including phenoxy) is 1. The highest BCUT2D eigenvalue weighted by molar-refractivity contribution is 7.92. The van der Waals surface area contributed by atoms with Crippen LogP contribution in [-0.4, -0.2) is 31.1 Å². The van der Waals surface area contributed by atoms with Crippen LogP contribution in [0.4, 0.5) is 10.1 Å². The second-order valence-corrected chi connectivity index (χ2v) is 7.90. The summed E-state index contributed by atoms with van der Waals surface area (Å²) < 4.78 is 46.7. The lowest BCUT2D eigenvalue weighted by molar-refractivity contribution is -0.139. The van der Waals surface area contributed by atoms with Gasteiger partial charge in [0.2, 0.25) is 0 Å². The Balaban J connectivity index is 2.10. The molecule has 0 fully saturated rings. The van der Waals surface area contributed by atoms with Crippen LogP contribution in [0.2, 0.25) is 5.02 Å². The van der Waals surface area contributed by atoms with Crippen molar-refractivity contribution in [1.29, 1.82) is 0 Å². The van der Waals surface area contributed by atoms with E-state index in [1.807, 2.05) is 0 Å². The molecule has 0 aliphatic heterocycles. The van der Waals surface area contributed by atoms with E-state index in [9.17, 15) is 17.6 Å². The lowest BCUT2D eigenvalue weighted by atomic mass is 10.0. The number of nitrogens with one attached hydrogen (secondary N) is 1. The number of carbonyl (C=O) groups is 1. The van der Waals surface area contributed by atoms with E-state index in [1.54, 1.807) is 6.07 Å². The standard InChI is InChI=1S/C19H14ClFN2O5S/c20-16-8-15(12-3-1-4-13(21)7-12)17(9-18(16)28-11-19(24)25)23-29(26,27)14-5-2-6-22-10-14/h1-10,23H,11H2,(H,24,25). The van der Waals surface area contributed by atoms with Crippen molar-refractivity contribution in [2.45, 2.75) is 4.90 Å². The molecule has 3 rings (SSSR count). The third kappa shape index (κ3) is 5.01. The molecule has 0 amide bonds. The topological polar surface area (TPSA) is 106 Å². The predicted octanol–water partition coefficient (Wildman–Crippen LogP) is 3.81. The van der Waals surface area contributed by atoms with Gasteiger partial charge in [-0.3, -0.25) is 9.71 Å². The Morgan fingerprint density at radius 1 is 1.21 bits per heavy atom. The average Bonchev–Trinajstić information content (AvgIpc) is 2.68. The fourth-order valence-electron chi connectivity index (χ4n) is 2.49. The van der Waals surface area contributed by atoms with E-state index < -0.39 is 28.4 Å². The minimum Gasteiger partial charge on any atom is -0.480 e. The van der Waals surface area contributed by atoms with E-state index in [-0.39, 0.29) is 26.9 Å². The maximum absolute atomic E-state index is 13.7. The summed E-state index contributed by atoms with van der Waals surface area (Å²) in [5.74, 6) is -1.79. The van der Waals surface area contributed by atoms with Gasteiger partial charge >= 0.3 is 5.97 Å². The Labute approximate surface area is 170 Å². The molecular formula is C19H14ClFN2O5S. The number of benzene rings is 2. The molecule has 0 atom stereocenters. The van der Waals surface area contributed by atoms with Crippen LogP contribution in [0.1, 0.15) is 0 Å². The smallest absolute Gasteiger partial charge is 0.341 e. The number of pyridine rings is 1. The maximum Gasteiger partial charge on any atom is 0.341 e. The number of hydrogen-bond acceptors (Lipinski definition) is 5. The number of halogens is 2. The van der Waals surface area contributed by atoms with Gasteiger partial charge in [-0.1, -0.05) is 23.7 Å². The SMILES string of the molecule is O=C(O)COc1cc(NS(=O)(=O)c2cccnc2)c(-c2cccc(F)c2)cc1Cl. The zero-order valence-corrected chi connectivity index (χ0v) is 16.2. The fraction of sp³-hybridized carbons (Fsp3) is 0.0526. The number of carboxylic acid groups (broad SMARTS) is 1. The normalized spacial score (nSPS) is 11.1. The number of aromatic nitrogens is 1. The molecule has 1 aromatic heterocycles. The van der Waals surface area contributed by atoms with Crippen molar-refractivity contribution in [1.82, 2.24) is 4.98 Å². The Hall–Kier alpha value is -3.17. The molecule has 0 radical (unpaired) electrons. The first kappa shape index (κ1) is 20.6. The molecular weight excluding hydrogens is 423 g/mol. The van der Waals surface area contributed by atoms with Crippen LogP contribution in [0.15, 0.2) is 65.8 Å². The first-order valence-electron chi connectivity index (χ1n) is 8.13. The Kier molecular flexibility index (Phi) is 6.00. The molecule has 1 heterocycles. The molecule has 2 aromatic carbocycles. The van der Waals surface area contributed by atoms with Gasteiger partial charge < -0.3 is 9.84 Å². The van der Waals surface area contributed by atoms with Crippen molar-refractivity contribution in [2.24, 2.45) is 0 Å². The van der Waals surface area contributed by atoms with Crippen molar-refractivity contribution in [3.8, 4) is 16.9 Å². The molecule has 0 unspecified atom stereocenters. The van der Waals surface area contributed by atoms with E-state index in [0.29, 0.717) is 5.56 Å². The highest BCUT2D eigenvalue weighted by Crippen LogP contribution is 2.38. The molecule has 29 heavy (non-hydrogen) atoms. The summed E-state index contributed by atoms with van der Waals surface area (Å²) >= 11 is 6.16. The maximum atomic E-state index is 13.7. The molecule has 2 N–H and O–H groups in total. The average molecular weight is 437 g/mol. The van der Waals surface area contributed by atoms with E-state index in [0.717, 1.165) is 0 Å². The van der Waals surface area contributed by atoms with Gasteiger partial charge in [0.1, 0.15) is 16.5 Å². The van der Waals surface area contributed by atoms with Gasteiger partial charge in [0, 0.05) is 24.0 Å². The number of rotatable bonds is 7. The Morgan fingerprint density at radius 2 is 2.00 bits per heavy atom. The Morgan fingerprint density at radius 3 is 2.66 bits per heavy atom. The molecule has 3 aromatic rings. The predicted molar refractivity (Wildman–Crippen MR) is 105 cm³/mol. The van der Waals surface area contributed by atoms with Crippen LogP contribution < -0.4 is 9.46 Å². The molecule has 0 saturated carbocycles. The van der Waals surface area contributed by atoms with Crippen molar-refractivity contribution in [3.63, 3.8) is 0 Å². The lowest BCUT2D eigenvalue weighted by Gasteiger charge is -2.16. The monoisotopic (exact) mass is 436 g/mol. The van der Waals surface area contributed by atoms with Crippen LogP contribution in [0, 0.1) is 5.82 Å². The molecule has 10 heteroatoms. The van der Waals surface area contributed by atoms with Gasteiger partial charge in [-0.2, -0.15) is 0 Å². The van der Waals surface area contributed by atoms with Gasteiger partial charge in [-0.05, 0) is 35.9 Å². The molecule has 0 saturated heterocycles. The van der Waals surface area contributed by atoms with E-state index in [2.05, 4.69) is 9.71 Å². The molecule has 7 nitrogen and oxygen atoms in total. The number of carboxylic acids is 1. The van der Waals surface area contributed by atoms with Gasteiger partial charge in [0.05, 0.1) is 10.7 Å². The first-order valence-corrected chi connectivity index (χ1v) is 9.99. The van der Waals surface area contributed by atoms with Gasteiger partial charge in [-0.15, -0.1) is 0 Å².